The first-order valence-corrected chi connectivity index (χ1v) is 5.77. The van der Waals surface area contributed by atoms with Gasteiger partial charge in [0.2, 0.25) is 5.78 Å². The number of ketones is 1. The largest absolute Gasteiger partial charge is 0.451 e. The molecule has 1 fully saturated rings. The summed E-state index contributed by atoms with van der Waals surface area (Å²) in [6.07, 6.45) is 1.98. The van der Waals surface area contributed by atoms with Gasteiger partial charge in [-0.15, -0.1) is 0 Å². The van der Waals surface area contributed by atoms with E-state index in [9.17, 15) is 4.79 Å². The summed E-state index contributed by atoms with van der Waals surface area (Å²) in [5, 5.41) is 1.49. The number of aryl methyl sites for hydroxylation is 1. The maximum Gasteiger partial charge on any atom is 0.201 e. The van der Waals surface area contributed by atoms with E-state index in [2.05, 4.69) is 0 Å². The van der Waals surface area contributed by atoms with Crippen LogP contribution in [0.4, 0.5) is 0 Å². The summed E-state index contributed by atoms with van der Waals surface area (Å²) in [5.41, 5.74) is 1.69. The minimum absolute atomic E-state index is 0.116. The highest BCUT2D eigenvalue weighted by atomic mass is 35.5. The molecule has 3 rings (SSSR count). The number of rotatable bonds is 2. The van der Waals surface area contributed by atoms with Crippen LogP contribution < -0.4 is 0 Å². The fraction of sp³-hybridized carbons (Fsp3) is 0.308. The number of hydrogen-bond donors (Lipinski definition) is 0. The molecule has 1 aromatic carbocycles. The summed E-state index contributed by atoms with van der Waals surface area (Å²) in [6, 6.07) is 5.63. The molecule has 0 radical (unpaired) electrons. The van der Waals surface area contributed by atoms with Crippen LogP contribution in [0.25, 0.3) is 11.0 Å². The number of halogens is 1. The Kier molecular flexibility index (Phi) is 2.08. The van der Waals surface area contributed by atoms with E-state index < -0.39 is 0 Å². The van der Waals surface area contributed by atoms with Crippen molar-refractivity contribution < 1.29 is 9.21 Å². The van der Waals surface area contributed by atoms with Gasteiger partial charge in [0.25, 0.3) is 0 Å². The number of furan rings is 1. The fourth-order valence-corrected chi connectivity index (χ4v) is 2.24. The van der Waals surface area contributed by atoms with Gasteiger partial charge >= 0.3 is 0 Å². The molecule has 2 aromatic rings. The van der Waals surface area contributed by atoms with Crippen molar-refractivity contribution in [2.24, 2.45) is 5.92 Å². The average Bonchev–Trinajstić information content (AvgIpc) is 2.97. The highest BCUT2D eigenvalue weighted by molar-refractivity contribution is 6.35. The first kappa shape index (κ1) is 9.91. The molecule has 0 unspecified atom stereocenters. The topological polar surface area (TPSA) is 30.2 Å². The van der Waals surface area contributed by atoms with Gasteiger partial charge in [-0.25, -0.2) is 0 Å². The third-order valence-electron chi connectivity index (χ3n) is 2.91. The molecule has 1 aromatic heterocycles. The van der Waals surface area contributed by atoms with Crippen molar-refractivity contribution in [2.75, 3.05) is 0 Å². The number of carbonyl (C=O) groups is 1. The van der Waals surface area contributed by atoms with Crippen LogP contribution in [-0.2, 0) is 0 Å². The number of benzene rings is 1. The molecule has 0 amide bonds. The molecular weight excluding hydrogens is 224 g/mol. The molecule has 2 nitrogen and oxygen atoms in total. The predicted molar refractivity (Wildman–Crippen MR) is 63.0 cm³/mol. The Morgan fingerprint density at radius 3 is 2.81 bits per heavy atom. The van der Waals surface area contributed by atoms with E-state index in [1.807, 2.05) is 19.1 Å². The van der Waals surface area contributed by atoms with Crippen molar-refractivity contribution >= 4 is 28.4 Å². The minimum atomic E-state index is 0.116. The zero-order chi connectivity index (χ0) is 11.3. The van der Waals surface area contributed by atoms with Crippen LogP contribution in [-0.4, -0.2) is 5.78 Å². The SMILES string of the molecule is Cc1cc(Cl)c2oc(C(=O)C3CC3)cc2c1. The van der Waals surface area contributed by atoms with Crippen molar-refractivity contribution in [1.82, 2.24) is 0 Å². The summed E-state index contributed by atoms with van der Waals surface area (Å²) in [6.45, 7) is 1.97. The number of Topliss-reactive ketones (excluding diaryl/α,β-unsaturated/α-hetero) is 1. The summed E-state index contributed by atoms with van der Waals surface area (Å²) in [7, 11) is 0. The monoisotopic (exact) mass is 234 g/mol. The molecule has 0 spiro atoms. The zero-order valence-corrected chi connectivity index (χ0v) is 9.67. The van der Waals surface area contributed by atoms with E-state index in [4.69, 9.17) is 16.0 Å². The van der Waals surface area contributed by atoms with Crippen LogP contribution in [0.15, 0.2) is 22.6 Å². The third-order valence-corrected chi connectivity index (χ3v) is 3.19. The molecule has 16 heavy (non-hydrogen) atoms. The lowest BCUT2D eigenvalue weighted by Crippen LogP contribution is -1.98. The minimum Gasteiger partial charge on any atom is -0.451 e. The molecular formula is C13H11ClO2. The summed E-state index contributed by atoms with van der Waals surface area (Å²) in [4.78, 5) is 11.8. The van der Waals surface area contributed by atoms with Crippen LogP contribution in [0.2, 0.25) is 5.02 Å². The first-order chi connectivity index (χ1) is 7.65. The quantitative estimate of drug-likeness (QED) is 0.736. The van der Waals surface area contributed by atoms with Gasteiger partial charge in [0.15, 0.2) is 11.3 Å². The number of fused-ring (bicyclic) bond motifs is 1. The second kappa shape index (κ2) is 3.36. The maximum atomic E-state index is 11.8. The average molecular weight is 235 g/mol. The molecule has 3 heteroatoms. The van der Waals surface area contributed by atoms with Crippen molar-refractivity contribution in [2.45, 2.75) is 19.8 Å². The second-order valence-corrected chi connectivity index (χ2v) is 4.82. The van der Waals surface area contributed by atoms with E-state index in [0.29, 0.717) is 16.4 Å². The normalized spacial score (nSPS) is 15.6. The summed E-state index contributed by atoms with van der Waals surface area (Å²) < 4.78 is 5.54. The van der Waals surface area contributed by atoms with Gasteiger partial charge in [-0.2, -0.15) is 0 Å². The van der Waals surface area contributed by atoms with E-state index in [-0.39, 0.29) is 11.7 Å². The number of carbonyl (C=O) groups excluding carboxylic acids is 1. The standard InChI is InChI=1S/C13H11ClO2/c1-7-4-9-6-11(12(15)8-2-3-8)16-13(9)10(14)5-7/h4-6,8H,2-3H2,1H3. The molecule has 0 aliphatic heterocycles. The highest BCUT2D eigenvalue weighted by Gasteiger charge is 2.32. The maximum absolute atomic E-state index is 11.8. The van der Waals surface area contributed by atoms with E-state index in [1.165, 1.54) is 0 Å². The van der Waals surface area contributed by atoms with Gasteiger partial charge < -0.3 is 4.42 Å². The Labute approximate surface area is 98.2 Å². The van der Waals surface area contributed by atoms with Crippen molar-refractivity contribution in [3.05, 3.63) is 34.5 Å². The van der Waals surface area contributed by atoms with Crippen LogP contribution in [0, 0.1) is 12.8 Å². The summed E-state index contributed by atoms with van der Waals surface area (Å²) in [5.74, 6) is 0.746. The fourth-order valence-electron chi connectivity index (χ4n) is 1.92. The predicted octanol–water partition coefficient (Wildman–Crippen LogP) is 3.99. The first-order valence-electron chi connectivity index (χ1n) is 5.39. The zero-order valence-electron chi connectivity index (χ0n) is 8.92. The Bertz CT molecular complexity index is 579. The van der Waals surface area contributed by atoms with Crippen LogP contribution in [0.5, 0.6) is 0 Å². The Balaban J connectivity index is 2.14. The third kappa shape index (κ3) is 1.54. The summed E-state index contributed by atoms with van der Waals surface area (Å²) >= 11 is 6.07. The highest BCUT2D eigenvalue weighted by Crippen LogP contribution is 2.35. The van der Waals surface area contributed by atoms with E-state index in [1.54, 1.807) is 6.07 Å². The van der Waals surface area contributed by atoms with E-state index >= 15 is 0 Å². The van der Waals surface area contributed by atoms with Crippen molar-refractivity contribution in [1.29, 1.82) is 0 Å². The molecule has 82 valence electrons. The van der Waals surface area contributed by atoms with Crippen LogP contribution >= 0.6 is 11.6 Å². The molecule has 0 bridgehead atoms. The lowest BCUT2D eigenvalue weighted by atomic mass is 10.1. The smallest absolute Gasteiger partial charge is 0.201 e. The second-order valence-electron chi connectivity index (χ2n) is 4.41. The van der Waals surface area contributed by atoms with E-state index in [0.717, 1.165) is 23.8 Å². The van der Waals surface area contributed by atoms with Crippen molar-refractivity contribution in [3.8, 4) is 0 Å². The van der Waals surface area contributed by atoms with Gasteiger partial charge in [-0.3, -0.25) is 4.79 Å². The van der Waals surface area contributed by atoms with Gasteiger partial charge in [0, 0.05) is 11.3 Å². The molecule has 0 saturated heterocycles. The molecule has 1 heterocycles. The lowest BCUT2D eigenvalue weighted by Gasteiger charge is -1.94. The van der Waals surface area contributed by atoms with Crippen LogP contribution in [0.3, 0.4) is 0 Å². The van der Waals surface area contributed by atoms with Gasteiger partial charge in [0.1, 0.15) is 0 Å². The van der Waals surface area contributed by atoms with Gasteiger partial charge in [-0.1, -0.05) is 11.6 Å². The Hall–Kier alpha value is -1.28. The molecule has 0 N–H and O–H groups in total. The molecule has 1 saturated carbocycles. The molecule has 0 atom stereocenters. The Morgan fingerprint density at radius 2 is 2.12 bits per heavy atom. The van der Waals surface area contributed by atoms with Crippen molar-refractivity contribution in [3.63, 3.8) is 0 Å². The number of hydrogen-bond acceptors (Lipinski definition) is 2. The van der Waals surface area contributed by atoms with Crippen LogP contribution in [0.1, 0.15) is 29.0 Å². The van der Waals surface area contributed by atoms with Gasteiger partial charge in [0.05, 0.1) is 5.02 Å². The Morgan fingerprint density at radius 1 is 1.38 bits per heavy atom. The van der Waals surface area contributed by atoms with Gasteiger partial charge in [-0.05, 0) is 43.5 Å². The lowest BCUT2D eigenvalue weighted by molar-refractivity contribution is 0.0942. The molecule has 1 aliphatic carbocycles. The molecule has 1 aliphatic rings.